The van der Waals surface area contributed by atoms with E-state index in [1.807, 2.05) is 31.3 Å². The quantitative estimate of drug-likeness (QED) is 0.859. The van der Waals surface area contributed by atoms with Gasteiger partial charge in [0.1, 0.15) is 0 Å². The van der Waals surface area contributed by atoms with Crippen LogP contribution in [0.25, 0.3) is 0 Å². The number of aliphatic carboxylic acids is 1. The van der Waals surface area contributed by atoms with Crippen LogP contribution >= 0.6 is 0 Å². The Balaban J connectivity index is 2.14. The molecule has 5 nitrogen and oxygen atoms in total. The second kappa shape index (κ2) is 7.22. The summed E-state index contributed by atoms with van der Waals surface area (Å²) in [5.74, 6) is -1.30. The summed E-state index contributed by atoms with van der Waals surface area (Å²) in [6, 6.07) is 7.58. The van der Waals surface area contributed by atoms with Gasteiger partial charge in [-0.15, -0.1) is 0 Å². The van der Waals surface area contributed by atoms with Crippen molar-refractivity contribution in [1.82, 2.24) is 10.2 Å². The molecule has 2 N–H and O–H groups in total. The van der Waals surface area contributed by atoms with Gasteiger partial charge in [-0.1, -0.05) is 18.2 Å². The molecule has 1 saturated heterocycles. The average molecular weight is 290 g/mol. The van der Waals surface area contributed by atoms with E-state index in [4.69, 9.17) is 5.11 Å². The maximum atomic E-state index is 12.7. The third kappa shape index (κ3) is 3.82. The van der Waals surface area contributed by atoms with Crippen molar-refractivity contribution in [3.63, 3.8) is 0 Å². The fourth-order valence-electron chi connectivity index (χ4n) is 2.74. The molecular weight excluding hydrogens is 268 g/mol. The normalized spacial score (nSPS) is 18.5. The van der Waals surface area contributed by atoms with E-state index in [0.717, 1.165) is 24.9 Å². The maximum absolute atomic E-state index is 12.7. The number of carbonyl (C=O) groups excluding carboxylic acids is 1. The van der Waals surface area contributed by atoms with E-state index in [9.17, 15) is 9.59 Å². The van der Waals surface area contributed by atoms with Crippen molar-refractivity contribution >= 4 is 11.9 Å². The highest BCUT2D eigenvalue weighted by Gasteiger charge is 2.29. The molecule has 1 fully saturated rings. The molecule has 1 aliphatic heterocycles. The van der Waals surface area contributed by atoms with Crippen molar-refractivity contribution in [2.24, 2.45) is 5.92 Å². The summed E-state index contributed by atoms with van der Waals surface area (Å²) in [6.07, 6.45) is 2.19. The Hall–Kier alpha value is -1.88. The van der Waals surface area contributed by atoms with Gasteiger partial charge in [0.05, 0.1) is 5.92 Å². The summed E-state index contributed by atoms with van der Waals surface area (Å²) in [5, 5.41) is 12.2. The first-order chi connectivity index (χ1) is 10.1. The lowest BCUT2D eigenvalue weighted by molar-refractivity contribution is -0.143. The van der Waals surface area contributed by atoms with Gasteiger partial charge in [-0.25, -0.2) is 0 Å². The highest BCUT2D eigenvalue weighted by atomic mass is 16.4. The van der Waals surface area contributed by atoms with Gasteiger partial charge in [-0.3, -0.25) is 9.59 Å². The Morgan fingerprint density at radius 3 is 2.86 bits per heavy atom. The predicted molar refractivity (Wildman–Crippen MR) is 80.3 cm³/mol. The fraction of sp³-hybridized carbons (Fsp3) is 0.500. The third-order valence-electron chi connectivity index (χ3n) is 3.95. The van der Waals surface area contributed by atoms with Crippen LogP contribution in [0, 0.1) is 5.92 Å². The Bertz CT molecular complexity index is 516. The summed E-state index contributed by atoms with van der Waals surface area (Å²) in [5.41, 5.74) is 1.70. The lowest BCUT2D eigenvalue weighted by Crippen LogP contribution is -2.42. The van der Waals surface area contributed by atoms with Crippen molar-refractivity contribution in [2.45, 2.75) is 19.3 Å². The molecule has 21 heavy (non-hydrogen) atoms. The lowest BCUT2D eigenvalue weighted by atomic mass is 9.96. The van der Waals surface area contributed by atoms with Gasteiger partial charge in [0.25, 0.3) is 5.91 Å². The molecule has 114 valence electrons. The van der Waals surface area contributed by atoms with Gasteiger partial charge < -0.3 is 15.3 Å². The van der Waals surface area contributed by atoms with E-state index in [-0.39, 0.29) is 5.91 Å². The van der Waals surface area contributed by atoms with Crippen LogP contribution < -0.4 is 5.32 Å². The molecular formula is C16H22N2O3. The standard InChI is InChI=1S/C16H22N2O3/c1-17-9-8-12-5-2-3-7-14(12)15(19)18-10-4-6-13(11-18)16(20)21/h2-3,5,7,13,17H,4,6,8-11H2,1H3,(H,20,21). The Kier molecular flexibility index (Phi) is 5.33. The summed E-state index contributed by atoms with van der Waals surface area (Å²) in [6.45, 7) is 1.76. The van der Waals surface area contributed by atoms with Gasteiger partial charge in [0.2, 0.25) is 0 Å². The van der Waals surface area contributed by atoms with Crippen LogP contribution in [-0.2, 0) is 11.2 Å². The molecule has 1 aromatic rings. The van der Waals surface area contributed by atoms with Gasteiger partial charge in [-0.05, 0) is 44.5 Å². The summed E-state index contributed by atoms with van der Waals surface area (Å²) < 4.78 is 0. The zero-order valence-corrected chi connectivity index (χ0v) is 12.3. The van der Waals surface area contributed by atoms with Crippen LogP contribution in [0.3, 0.4) is 0 Å². The number of carbonyl (C=O) groups is 2. The van der Waals surface area contributed by atoms with Gasteiger partial charge in [0, 0.05) is 18.7 Å². The summed E-state index contributed by atoms with van der Waals surface area (Å²) >= 11 is 0. The number of likely N-dealkylation sites (N-methyl/N-ethyl adjacent to an activating group) is 1. The number of rotatable bonds is 5. The van der Waals surface area contributed by atoms with Crippen molar-refractivity contribution in [3.05, 3.63) is 35.4 Å². The smallest absolute Gasteiger partial charge is 0.308 e. The number of hydrogen-bond donors (Lipinski definition) is 2. The SMILES string of the molecule is CNCCc1ccccc1C(=O)N1CCCC(C(=O)O)C1. The highest BCUT2D eigenvalue weighted by molar-refractivity contribution is 5.96. The number of nitrogens with one attached hydrogen (secondary N) is 1. The lowest BCUT2D eigenvalue weighted by Gasteiger charge is -2.31. The van der Waals surface area contributed by atoms with E-state index >= 15 is 0 Å². The van der Waals surface area contributed by atoms with E-state index in [0.29, 0.717) is 25.1 Å². The number of benzene rings is 1. The molecule has 0 radical (unpaired) electrons. The molecule has 5 heteroatoms. The van der Waals surface area contributed by atoms with Crippen molar-refractivity contribution < 1.29 is 14.7 Å². The van der Waals surface area contributed by atoms with Gasteiger partial charge >= 0.3 is 5.97 Å². The van der Waals surface area contributed by atoms with Crippen LogP contribution in [0.2, 0.25) is 0 Å². The Morgan fingerprint density at radius 1 is 1.38 bits per heavy atom. The van der Waals surface area contributed by atoms with E-state index in [1.54, 1.807) is 4.90 Å². The number of nitrogens with zero attached hydrogens (tertiary/aromatic N) is 1. The largest absolute Gasteiger partial charge is 0.481 e. The summed E-state index contributed by atoms with van der Waals surface area (Å²) in [4.78, 5) is 25.5. The molecule has 0 aromatic heterocycles. The highest BCUT2D eigenvalue weighted by Crippen LogP contribution is 2.20. The third-order valence-corrected chi connectivity index (χ3v) is 3.95. The first-order valence-corrected chi connectivity index (χ1v) is 7.38. The van der Waals surface area contributed by atoms with Gasteiger partial charge in [0.15, 0.2) is 0 Å². The molecule has 0 spiro atoms. The zero-order chi connectivity index (χ0) is 15.2. The second-order valence-corrected chi connectivity index (χ2v) is 5.44. The summed E-state index contributed by atoms with van der Waals surface area (Å²) in [7, 11) is 1.88. The Morgan fingerprint density at radius 2 is 2.14 bits per heavy atom. The number of amides is 1. The number of hydrogen-bond acceptors (Lipinski definition) is 3. The number of carboxylic acid groups (broad SMARTS) is 1. The minimum absolute atomic E-state index is 0.0485. The first kappa shape index (κ1) is 15.5. The molecule has 1 heterocycles. The van der Waals surface area contributed by atoms with Crippen molar-refractivity contribution in [1.29, 1.82) is 0 Å². The van der Waals surface area contributed by atoms with Crippen molar-refractivity contribution in [3.8, 4) is 0 Å². The predicted octanol–water partition coefficient (Wildman–Crippen LogP) is 1.39. The van der Waals surface area contributed by atoms with Crippen LogP contribution in [0.15, 0.2) is 24.3 Å². The number of likely N-dealkylation sites (tertiary alicyclic amines) is 1. The van der Waals surface area contributed by atoms with Crippen LogP contribution in [0.5, 0.6) is 0 Å². The average Bonchev–Trinajstić information content (AvgIpc) is 2.52. The van der Waals surface area contributed by atoms with Crippen LogP contribution in [0.1, 0.15) is 28.8 Å². The van der Waals surface area contributed by atoms with Gasteiger partial charge in [-0.2, -0.15) is 0 Å². The van der Waals surface area contributed by atoms with Crippen LogP contribution in [-0.4, -0.2) is 48.6 Å². The molecule has 0 saturated carbocycles. The van der Waals surface area contributed by atoms with Crippen LogP contribution in [0.4, 0.5) is 0 Å². The Labute approximate surface area is 125 Å². The minimum atomic E-state index is -0.809. The minimum Gasteiger partial charge on any atom is -0.481 e. The van der Waals surface area contributed by atoms with E-state index in [1.165, 1.54) is 0 Å². The topological polar surface area (TPSA) is 69.6 Å². The van der Waals surface area contributed by atoms with E-state index < -0.39 is 11.9 Å². The second-order valence-electron chi connectivity index (χ2n) is 5.44. The van der Waals surface area contributed by atoms with Crippen molar-refractivity contribution in [2.75, 3.05) is 26.7 Å². The number of piperidine rings is 1. The fourth-order valence-corrected chi connectivity index (χ4v) is 2.74. The molecule has 1 unspecified atom stereocenters. The first-order valence-electron chi connectivity index (χ1n) is 7.38. The molecule has 2 rings (SSSR count). The molecule has 1 atom stereocenters. The molecule has 1 amide bonds. The number of carboxylic acids is 1. The molecule has 1 aromatic carbocycles. The molecule has 0 aliphatic carbocycles. The maximum Gasteiger partial charge on any atom is 0.308 e. The zero-order valence-electron chi connectivity index (χ0n) is 12.3. The monoisotopic (exact) mass is 290 g/mol. The molecule has 1 aliphatic rings. The molecule has 0 bridgehead atoms. The van der Waals surface area contributed by atoms with E-state index in [2.05, 4.69) is 5.32 Å².